The van der Waals surface area contributed by atoms with Gasteiger partial charge in [0, 0.05) is 17.8 Å². The number of H-pyrrole nitrogens is 1. The van der Waals surface area contributed by atoms with Gasteiger partial charge in [-0.15, -0.1) is 0 Å². The summed E-state index contributed by atoms with van der Waals surface area (Å²) in [6.07, 6.45) is 0.224. The van der Waals surface area contributed by atoms with Crippen molar-refractivity contribution in [2.75, 3.05) is 0 Å². The number of halogens is 1. The number of hydrazone groups is 1. The molecule has 1 atom stereocenters. The number of benzene rings is 2. The minimum atomic E-state index is -0.745. The Morgan fingerprint density at radius 1 is 1.16 bits per heavy atom. The number of aromatic amines is 1. The largest absolute Gasteiger partial charge is 0.494 e. The molecule has 0 spiro atoms. The summed E-state index contributed by atoms with van der Waals surface area (Å²) < 4.78 is 1.98. The summed E-state index contributed by atoms with van der Waals surface area (Å²) in [5, 5.41) is 16.5. The lowest BCUT2D eigenvalue weighted by atomic mass is 9.99. The number of aromatic nitrogens is 2. The van der Waals surface area contributed by atoms with Gasteiger partial charge in [-0.05, 0) is 23.3 Å². The molecule has 4 rings (SSSR count). The van der Waals surface area contributed by atoms with Gasteiger partial charge in [0.25, 0.3) is 5.56 Å². The van der Waals surface area contributed by atoms with Crippen LogP contribution in [0.15, 0.2) is 73.8 Å². The maximum absolute atomic E-state index is 12.6. The molecule has 158 valence electrons. The zero-order chi connectivity index (χ0) is 22.1. The van der Waals surface area contributed by atoms with Crippen molar-refractivity contribution in [3.63, 3.8) is 0 Å². The van der Waals surface area contributed by atoms with Crippen molar-refractivity contribution in [1.82, 2.24) is 14.6 Å². The third-order valence-electron chi connectivity index (χ3n) is 5.13. The van der Waals surface area contributed by atoms with Crippen LogP contribution in [-0.4, -0.2) is 31.3 Å². The average Bonchev–Trinajstić information content (AvgIpc) is 3.17. The van der Waals surface area contributed by atoms with Crippen LogP contribution in [0.2, 0.25) is 0 Å². The van der Waals surface area contributed by atoms with Gasteiger partial charge in [0.05, 0.1) is 18.3 Å². The van der Waals surface area contributed by atoms with Crippen LogP contribution in [0.5, 0.6) is 5.88 Å². The summed E-state index contributed by atoms with van der Waals surface area (Å²) >= 11 is 3.39. The van der Waals surface area contributed by atoms with E-state index < -0.39 is 23.2 Å². The first kappa shape index (κ1) is 20.8. The molecule has 9 heteroatoms. The third-order valence-corrected chi connectivity index (χ3v) is 5.66. The number of carbonyl (C=O) groups excluding carboxylic acids is 1. The van der Waals surface area contributed by atoms with E-state index >= 15 is 0 Å². The maximum atomic E-state index is 12.6. The van der Waals surface area contributed by atoms with Gasteiger partial charge in [-0.2, -0.15) is 5.10 Å². The number of hydrogen-bond donors (Lipinski definition) is 2. The topological polar surface area (TPSA) is 108 Å². The highest BCUT2D eigenvalue weighted by molar-refractivity contribution is 9.10. The molecule has 0 fully saturated rings. The Hall–Kier alpha value is -3.46. The number of hydrogen-bond acceptors (Lipinski definition) is 5. The second kappa shape index (κ2) is 8.35. The highest BCUT2D eigenvalue weighted by atomic mass is 79.9. The van der Waals surface area contributed by atoms with Gasteiger partial charge in [0.1, 0.15) is 5.56 Å². The summed E-state index contributed by atoms with van der Waals surface area (Å²) in [5.41, 5.74) is 0.284. The summed E-state index contributed by atoms with van der Waals surface area (Å²) in [4.78, 5) is 39.4. The SMILES string of the molecule is CC(=O)N1N=C(c2c(O)n(Cc3ccccc3)c(=O)[nH]c2=O)CC1c1ccc(Br)cc1. The molecule has 1 amide bonds. The third kappa shape index (κ3) is 4.09. The molecule has 1 aromatic heterocycles. The smallest absolute Gasteiger partial charge is 0.331 e. The molecule has 1 aliphatic rings. The van der Waals surface area contributed by atoms with Crippen molar-refractivity contribution in [3.05, 3.63) is 96.6 Å². The Morgan fingerprint density at radius 3 is 2.48 bits per heavy atom. The van der Waals surface area contributed by atoms with Crippen molar-refractivity contribution in [2.45, 2.75) is 25.9 Å². The lowest BCUT2D eigenvalue weighted by Crippen LogP contribution is -2.34. The minimum Gasteiger partial charge on any atom is -0.494 e. The summed E-state index contributed by atoms with van der Waals surface area (Å²) in [6.45, 7) is 1.47. The number of nitrogens with one attached hydrogen (secondary N) is 1. The molecule has 0 bridgehead atoms. The fourth-order valence-corrected chi connectivity index (χ4v) is 3.89. The van der Waals surface area contributed by atoms with Crippen LogP contribution in [0.4, 0.5) is 0 Å². The van der Waals surface area contributed by atoms with Gasteiger partial charge < -0.3 is 5.11 Å². The lowest BCUT2D eigenvalue weighted by Gasteiger charge is -2.20. The monoisotopic (exact) mass is 482 g/mol. The molecular formula is C22H19BrN4O4. The van der Waals surface area contributed by atoms with E-state index in [1.807, 2.05) is 54.6 Å². The molecule has 1 aliphatic heterocycles. The van der Waals surface area contributed by atoms with E-state index in [1.54, 1.807) is 0 Å². The van der Waals surface area contributed by atoms with Gasteiger partial charge in [-0.25, -0.2) is 9.80 Å². The van der Waals surface area contributed by atoms with Crippen LogP contribution >= 0.6 is 15.9 Å². The molecule has 8 nitrogen and oxygen atoms in total. The van der Waals surface area contributed by atoms with E-state index in [4.69, 9.17) is 0 Å². The zero-order valence-corrected chi connectivity index (χ0v) is 18.2. The fourth-order valence-electron chi connectivity index (χ4n) is 3.63. The highest BCUT2D eigenvalue weighted by Crippen LogP contribution is 2.34. The van der Waals surface area contributed by atoms with Crippen molar-refractivity contribution < 1.29 is 9.90 Å². The number of amides is 1. The summed E-state index contributed by atoms with van der Waals surface area (Å²) in [7, 11) is 0. The fraction of sp³-hybridized carbons (Fsp3) is 0.182. The number of carbonyl (C=O) groups is 1. The molecule has 2 aromatic carbocycles. The van der Waals surface area contributed by atoms with Crippen LogP contribution in [0.1, 0.15) is 36.1 Å². The molecule has 2 heterocycles. The Kier molecular flexibility index (Phi) is 5.60. The molecular weight excluding hydrogens is 464 g/mol. The highest BCUT2D eigenvalue weighted by Gasteiger charge is 2.34. The van der Waals surface area contributed by atoms with Gasteiger partial charge in [0.2, 0.25) is 11.8 Å². The Labute approximate surface area is 185 Å². The molecule has 0 aliphatic carbocycles. The van der Waals surface area contributed by atoms with Crippen molar-refractivity contribution >= 4 is 27.5 Å². The van der Waals surface area contributed by atoms with Gasteiger partial charge >= 0.3 is 5.69 Å². The summed E-state index contributed by atoms with van der Waals surface area (Å²) in [5.74, 6) is -0.771. The molecule has 3 aromatic rings. The van der Waals surface area contributed by atoms with Gasteiger partial charge in [-0.1, -0.05) is 58.4 Å². The molecule has 0 radical (unpaired) electrons. The average molecular weight is 483 g/mol. The van der Waals surface area contributed by atoms with Crippen LogP contribution in [0.25, 0.3) is 0 Å². The van der Waals surface area contributed by atoms with Crippen molar-refractivity contribution in [3.8, 4) is 5.88 Å². The maximum Gasteiger partial charge on any atom is 0.331 e. The number of rotatable bonds is 4. The van der Waals surface area contributed by atoms with Crippen molar-refractivity contribution in [1.29, 1.82) is 0 Å². The first-order valence-corrected chi connectivity index (χ1v) is 10.4. The predicted octanol–water partition coefficient (Wildman–Crippen LogP) is 2.75. The van der Waals surface area contributed by atoms with Gasteiger partial charge in [-0.3, -0.25) is 19.1 Å². The summed E-state index contributed by atoms with van der Waals surface area (Å²) in [6, 6.07) is 16.1. The molecule has 0 saturated carbocycles. The van der Waals surface area contributed by atoms with E-state index in [0.29, 0.717) is 0 Å². The van der Waals surface area contributed by atoms with Crippen LogP contribution < -0.4 is 11.2 Å². The van der Waals surface area contributed by atoms with Crippen molar-refractivity contribution in [2.24, 2.45) is 5.10 Å². The minimum absolute atomic E-state index is 0.0785. The van der Waals surface area contributed by atoms with E-state index in [2.05, 4.69) is 26.0 Å². The molecule has 31 heavy (non-hydrogen) atoms. The van der Waals surface area contributed by atoms with Crippen LogP contribution in [0, 0.1) is 0 Å². The number of nitrogens with zero attached hydrogens (tertiary/aromatic N) is 3. The Morgan fingerprint density at radius 2 is 1.84 bits per heavy atom. The zero-order valence-electron chi connectivity index (χ0n) is 16.6. The van der Waals surface area contributed by atoms with Crippen LogP contribution in [0.3, 0.4) is 0 Å². The van der Waals surface area contributed by atoms with E-state index in [9.17, 15) is 19.5 Å². The standard InChI is InChI=1S/C22H19BrN4O4/c1-13(28)27-18(15-7-9-16(23)10-8-15)11-17(25-27)19-20(29)24-22(31)26(21(19)30)12-14-5-3-2-4-6-14/h2-10,18,30H,11-12H2,1H3,(H,24,29,31). The van der Waals surface area contributed by atoms with E-state index in [0.717, 1.165) is 20.2 Å². The van der Waals surface area contributed by atoms with Gasteiger partial charge in [0.15, 0.2) is 0 Å². The second-order valence-electron chi connectivity index (χ2n) is 7.21. The number of aromatic hydroxyl groups is 1. The quantitative estimate of drug-likeness (QED) is 0.595. The Balaban J connectivity index is 1.76. The van der Waals surface area contributed by atoms with E-state index in [1.165, 1.54) is 11.9 Å². The van der Waals surface area contributed by atoms with Crippen LogP contribution in [-0.2, 0) is 11.3 Å². The predicted molar refractivity (Wildman–Crippen MR) is 119 cm³/mol. The Bertz CT molecular complexity index is 1280. The lowest BCUT2D eigenvalue weighted by molar-refractivity contribution is -0.130. The first-order chi connectivity index (χ1) is 14.8. The van der Waals surface area contributed by atoms with E-state index in [-0.39, 0.29) is 30.1 Å². The molecule has 0 saturated heterocycles. The normalized spacial score (nSPS) is 15.7. The molecule has 1 unspecified atom stereocenters. The second-order valence-corrected chi connectivity index (χ2v) is 8.13. The molecule has 2 N–H and O–H groups in total. The first-order valence-electron chi connectivity index (χ1n) is 9.58.